The molecule has 6 nitrogen and oxygen atoms in total. The van der Waals surface area contributed by atoms with Gasteiger partial charge in [0, 0.05) is 37.5 Å². The lowest BCUT2D eigenvalue weighted by Crippen LogP contribution is -2.39. The van der Waals surface area contributed by atoms with Crippen molar-refractivity contribution in [3.8, 4) is 10.6 Å². The van der Waals surface area contributed by atoms with Gasteiger partial charge in [-0.3, -0.25) is 9.78 Å². The number of amides is 1. The first-order valence-corrected chi connectivity index (χ1v) is 11.7. The van der Waals surface area contributed by atoms with Gasteiger partial charge in [0.2, 0.25) is 0 Å². The minimum atomic E-state index is -0.257. The number of halogens is 1. The molecule has 0 N–H and O–H groups in total. The number of benzene rings is 1. The third-order valence-corrected chi connectivity index (χ3v) is 7.01. The van der Waals surface area contributed by atoms with Gasteiger partial charge in [-0.2, -0.15) is 0 Å². The SMILES string of the molecule is Cc1nc(-c2cccnc2)sc1C(=O)N1CCCC(c2ncc(Cc3ccc(F)cc3)o2)C1. The Hall–Kier alpha value is -3.39. The quantitative estimate of drug-likeness (QED) is 0.405. The first-order valence-electron chi connectivity index (χ1n) is 10.9. The number of hydrogen-bond donors (Lipinski definition) is 0. The first kappa shape index (κ1) is 21.5. The maximum atomic E-state index is 13.3. The Kier molecular flexibility index (Phi) is 6.00. The topological polar surface area (TPSA) is 72.1 Å². The highest BCUT2D eigenvalue weighted by atomic mass is 32.1. The van der Waals surface area contributed by atoms with Gasteiger partial charge in [-0.25, -0.2) is 14.4 Å². The molecule has 1 amide bonds. The van der Waals surface area contributed by atoms with E-state index in [-0.39, 0.29) is 17.6 Å². The second-order valence-corrected chi connectivity index (χ2v) is 9.23. The predicted molar refractivity (Wildman–Crippen MR) is 124 cm³/mol. The average molecular weight is 463 g/mol. The summed E-state index contributed by atoms with van der Waals surface area (Å²) >= 11 is 1.41. The second kappa shape index (κ2) is 9.23. The number of hydrogen-bond acceptors (Lipinski definition) is 6. The van der Waals surface area contributed by atoms with Crippen molar-refractivity contribution in [3.05, 3.63) is 88.6 Å². The zero-order valence-corrected chi connectivity index (χ0v) is 19.0. The lowest BCUT2D eigenvalue weighted by Gasteiger charge is -2.31. The molecular weight excluding hydrogens is 439 g/mol. The van der Waals surface area contributed by atoms with Crippen molar-refractivity contribution in [1.82, 2.24) is 19.9 Å². The molecule has 0 aliphatic carbocycles. The van der Waals surface area contributed by atoms with E-state index in [0.29, 0.717) is 30.3 Å². The summed E-state index contributed by atoms with van der Waals surface area (Å²) in [6.07, 6.45) is 7.57. The largest absolute Gasteiger partial charge is 0.445 e. The summed E-state index contributed by atoms with van der Waals surface area (Å²) in [5.41, 5.74) is 2.61. The van der Waals surface area contributed by atoms with Crippen LogP contribution in [0, 0.1) is 12.7 Å². The first-order chi connectivity index (χ1) is 16.1. The van der Waals surface area contributed by atoms with Crippen LogP contribution in [0.4, 0.5) is 4.39 Å². The van der Waals surface area contributed by atoms with E-state index >= 15 is 0 Å². The molecule has 0 radical (unpaired) electrons. The summed E-state index contributed by atoms with van der Waals surface area (Å²) in [6, 6.07) is 10.2. The number of piperidine rings is 1. The zero-order chi connectivity index (χ0) is 22.8. The Bertz CT molecular complexity index is 1250. The maximum absolute atomic E-state index is 13.3. The molecule has 33 heavy (non-hydrogen) atoms. The fourth-order valence-corrected chi connectivity index (χ4v) is 5.14. The van der Waals surface area contributed by atoms with E-state index in [2.05, 4.69) is 15.0 Å². The van der Waals surface area contributed by atoms with Crippen molar-refractivity contribution in [2.75, 3.05) is 13.1 Å². The molecule has 8 heteroatoms. The molecule has 3 aromatic heterocycles. The Morgan fingerprint density at radius 2 is 2.09 bits per heavy atom. The van der Waals surface area contributed by atoms with Crippen molar-refractivity contribution >= 4 is 17.2 Å². The van der Waals surface area contributed by atoms with E-state index in [1.807, 2.05) is 24.0 Å². The molecular formula is C25H23FN4O2S. The maximum Gasteiger partial charge on any atom is 0.265 e. The molecule has 0 saturated carbocycles. The number of aromatic nitrogens is 3. The molecule has 1 unspecified atom stereocenters. The van der Waals surface area contributed by atoms with E-state index in [9.17, 15) is 9.18 Å². The monoisotopic (exact) mass is 462 g/mol. The number of likely N-dealkylation sites (tertiary alicyclic amines) is 1. The van der Waals surface area contributed by atoms with E-state index < -0.39 is 0 Å². The number of aryl methyl sites for hydroxylation is 1. The minimum absolute atomic E-state index is 0.00271. The Balaban J connectivity index is 1.28. The molecule has 5 rings (SSSR count). The fourth-order valence-electron chi connectivity index (χ4n) is 4.11. The average Bonchev–Trinajstić information content (AvgIpc) is 3.47. The second-order valence-electron chi connectivity index (χ2n) is 8.23. The number of carbonyl (C=O) groups is 1. The van der Waals surface area contributed by atoms with Crippen LogP contribution >= 0.6 is 11.3 Å². The Morgan fingerprint density at radius 1 is 1.24 bits per heavy atom. The lowest BCUT2D eigenvalue weighted by atomic mass is 9.98. The number of oxazole rings is 1. The summed E-state index contributed by atoms with van der Waals surface area (Å²) in [7, 11) is 0. The van der Waals surface area contributed by atoms with Crippen LogP contribution in [0.15, 0.2) is 59.4 Å². The highest BCUT2D eigenvalue weighted by molar-refractivity contribution is 7.17. The number of thiazole rings is 1. The van der Waals surface area contributed by atoms with Gasteiger partial charge in [0.15, 0.2) is 5.89 Å². The molecule has 168 valence electrons. The summed E-state index contributed by atoms with van der Waals surface area (Å²) in [5, 5.41) is 0.802. The summed E-state index contributed by atoms with van der Waals surface area (Å²) in [6.45, 7) is 3.15. The van der Waals surface area contributed by atoms with Crippen molar-refractivity contribution in [2.45, 2.75) is 32.1 Å². The van der Waals surface area contributed by atoms with Gasteiger partial charge in [0.05, 0.1) is 17.8 Å². The van der Waals surface area contributed by atoms with Crippen LogP contribution in [-0.4, -0.2) is 38.8 Å². The smallest absolute Gasteiger partial charge is 0.265 e. The third kappa shape index (κ3) is 4.71. The molecule has 1 aliphatic rings. The Labute approximate surface area is 195 Å². The van der Waals surface area contributed by atoms with E-state index in [1.165, 1.54) is 23.5 Å². The number of carbonyl (C=O) groups excluding carboxylic acids is 1. The number of nitrogens with zero attached hydrogens (tertiary/aromatic N) is 4. The zero-order valence-electron chi connectivity index (χ0n) is 18.2. The van der Waals surface area contributed by atoms with Crippen molar-refractivity contribution in [3.63, 3.8) is 0 Å². The van der Waals surface area contributed by atoms with Crippen molar-refractivity contribution in [1.29, 1.82) is 0 Å². The fraction of sp³-hybridized carbons (Fsp3) is 0.280. The third-order valence-electron chi connectivity index (χ3n) is 5.82. The van der Waals surface area contributed by atoms with Gasteiger partial charge in [-0.05, 0) is 49.6 Å². The molecule has 4 aromatic rings. The van der Waals surface area contributed by atoms with Gasteiger partial charge < -0.3 is 9.32 Å². The highest BCUT2D eigenvalue weighted by Gasteiger charge is 2.30. The van der Waals surface area contributed by atoms with Gasteiger partial charge in [-0.15, -0.1) is 11.3 Å². The van der Waals surface area contributed by atoms with Crippen LogP contribution < -0.4 is 0 Å². The predicted octanol–water partition coefficient (Wildman–Crippen LogP) is 5.25. The van der Waals surface area contributed by atoms with Gasteiger partial charge >= 0.3 is 0 Å². The van der Waals surface area contributed by atoms with Gasteiger partial charge in [0.1, 0.15) is 21.5 Å². The summed E-state index contributed by atoms with van der Waals surface area (Å²) in [4.78, 5) is 29.1. The summed E-state index contributed by atoms with van der Waals surface area (Å²) < 4.78 is 19.2. The summed E-state index contributed by atoms with van der Waals surface area (Å²) in [5.74, 6) is 1.19. The van der Waals surface area contributed by atoms with Gasteiger partial charge in [-0.1, -0.05) is 12.1 Å². The van der Waals surface area contributed by atoms with Crippen molar-refractivity contribution in [2.24, 2.45) is 0 Å². The van der Waals surface area contributed by atoms with E-state index in [4.69, 9.17) is 4.42 Å². The highest BCUT2D eigenvalue weighted by Crippen LogP contribution is 2.32. The van der Waals surface area contributed by atoms with Crippen LogP contribution in [0.2, 0.25) is 0 Å². The van der Waals surface area contributed by atoms with Crippen LogP contribution in [0.25, 0.3) is 10.6 Å². The molecule has 4 heterocycles. The van der Waals surface area contributed by atoms with Crippen LogP contribution in [0.5, 0.6) is 0 Å². The van der Waals surface area contributed by atoms with Crippen LogP contribution in [0.1, 0.15) is 51.3 Å². The lowest BCUT2D eigenvalue weighted by molar-refractivity contribution is 0.0702. The number of pyridine rings is 1. The van der Waals surface area contributed by atoms with Crippen LogP contribution in [-0.2, 0) is 6.42 Å². The molecule has 1 aromatic carbocycles. The normalized spacial score (nSPS) is 16.2. The van der Waals surface area contributed by atoms with Crippen molar-refractivity contribution < 1.29 is 13.6 Å². The standard InChI is InChI=1S/C25H23FN4O2S/c1-16-22(33-24(29-16)18-4-2-10-27-13-18)25(31)30-11-3-5-19(15-30)23-28-14-21(32-23)12-17-6-8-20(26)9-7-17/h2,4,6-10,13-14,19H,3,5,11-12,15H2,1H3. The van der Waals surface area contributed by atoms with E-state index in [1.54, 1.807) is 30.7 Å². The molecule has 1 aliphatic heterocycles. The molecule has 1 atom stereocenters. The molecule has 0 bridgehead atoms. The molecule has 0 spiro atoms. The molecule has 1 fully saturated rings. The van der Waals surface area contributed by atoms with Gasteiger partial charge in [0.25, 0.3) is 5.91 Å². The van der Waals surface area contributed by atoms with Crippen LogP contribution in [0.3, 0.4) is 0 Å². The number of rotatable bonds is 5. The molecule has 1 saturated heterocycles. The van der Waals surface area contributed by atoms with E-state index in [0.717, 1.165) is 40.4 Å². The Morgan fingerprint density at radius 3 is 2.88 bits per heavy atom. The minimum Gasteiger partial charge on any atom is -0.445 e.